The zero-order chi connectivity index (χ0) is 37.6. The maximum Gasteiger partial charge on any atom is 0.231 e. The minimum Gasteiger partial charge on any atom is -0.486 e. The molecule has 9 rings (SSSR count). The SMILES string of the molecule is Cc1c(C)c(N2Cc3cc4c(cc3C2)OCO4)c(C)c2c1OC(C)(C)C2c1ccccc1.Cc1c(C)c2c(c(C)c1N)C(c1ccccc1)C(C)(C)O2. The van der Waals surface area contributed by atoms with Crippen LogP contribution in [0.1, 0.15) is 106 Å². The van der Waals surface area contributed by atoms with E-state index in [1.807, 2.05) is 0 Å². The number of benzene rings is 5. The molecule has 2 unspecified atom stereocenters. The predicted molar refractivity (Wildman–Crippen MR) is 214 cm³/mol. The van der Waals surface area contributed by atoms with E-state index in [9.17, 15) is 0 Å². The Kier molecular flexibility index (Phi) is 8.25. The van der Waals surface area contributed by atoms with Crippen LogP contribution in [0.3, 0.4) is 0 Å². The van der Waals surface area contributed by atoms with Gasteiger partial charge in [0.25, 0.3) is 0 Å². The van der Waals surface area contributed by atoms with Crippen LogP contribution in [-0.2, 0) is 13.1 Å². The van der Waals surface area contributed by atoms with Crippen LogP contribution < -0.4 is 29.6 Å². The summed E-state index contributed by atoms with van der Waals surface area (Å²) >= 11 is 0. The molecule has 0 amide bonds. The van der Waals surface area contributed by atoms with E-state index in [2.05, 4.69) is 147 Å². The van der Waals surface area contributed by atoms with E-state index in [-0.39, 0.29) is 23.0 Å². The highest BCUT2D eigenvalue weighted by Crippen LogP contribution is 2.55. The fourth-order valence-corrected chi connectivity index (χ4v) is 9.44. The summed E-state index contributed by atoms with van der Waals surface area (Å²) < 4.78 is 24.2. The number of hydrogen-bond acceptors (Lipinski definition) is 6. The van der Waals surface area contributed by atoms with Crippen molar-refractivity contribution in [1.29, 1.82) is 0 Å². The standard InChI is InChI=1S/C28H29NO3.C19H23NO/c1-16-17(2)27-24(25(28(4,5)32-27)19-9-7-6-8-10-19)18(3)26(16)29-13-20-11-22-23(31-15-30-22)12-21(20)14-29;1-11-12(2)18-15(13(3)17(11)20)16(19(4,5)21-18)14-9-7-6-8-10-14/h6-12,25H,13-15H2,1-5H3;6-10,16H,20H2,1-5H3. The summed E-state index contributed by atoms with van der Waals surface area (Å²) in [6.45, 7) is 23.8. The van der Waals surface area contributed by atoms with Crippen LogP contribution in [0.25, 0.3) is 0 Å². The van der Waals surface area contributed by atoms with Crippen molar-refractivity contribution in [2.75, 3.05) is 17.4 Å². The van der Waals surface area contributed by atoms with Gasteiger partial charge in [0.1, 0.15) is 22.7 Å². The summed E-state index contributed by atoms with van der Waals surface area (Å²) in [5, 5.41) is 0. The van der Waals surface area contributed by atoms with Crippen molar-refractivity contribution >= 4 is 11.4 Å². The van der Waals surface area contributed by atoms with Gasteiger partial charge in [0.15, 0.2) is 11.5 Å². The van der Waals surface area contributed by atoms with E-state index in [0.29, 0.717) is 6.79 Å². The lowest BCUT2D eigenvalue weighted by molar-refractivity contribution is 0.121. The molecule has 0 spiro atoms. The smallest absolute Gasteiger partial charge is 0.231 e. The van der Waals surface area contributed by atoms with Crippen molar-refractivity contribution in [3.8, 4) is 23.0 Å². The first kappa shape index (κ1) is 35.0. The topological polar surface area (TPSA) is 66.2 Å². The number of nitrogen functional groups attached to an aromatic ring is 1. The third-order valence-corrected chi connectivity index (χ3v) is 12.3. The molecule has 4 aliphatic rings. The Balaban J connectivity index is 0.000000165. The molecule has 0 aromatic heterocycles. The highest BCUT2D eigenvalue weighted by Gasteiger charge is 2.46. The van der Waals surface area contributed by atoms with Crippen molar-refractivity contribution in [2.24, 2.45) is 0 Å². The summed E-state index contributed by atoms with van der Waals surface area (Å²) in [4.78, 5) is 2.51. The Morgan fingerprint density at radius 2 is 1.00 bits per heavy atom. The lowest BCUT2D eigenvalue weighted by atomic mass is 9.78. The summed E-state index contributed by atoms with van der Waals surface area (Å²) in [6.07, 6.45) is 0. The molecule has 4 heterocycles. The van der Waals surface area contributed by atoms with Crippen molar-refractivity contribution in [2.45, 2.75) is 105 Å². The van der Waals surface area contributed by atoms with Gasteiger partial charge in [0.2, 0.25) is 6.79 Å². The third kappa shape index (κ3) is 5.52. The molecule has 2 atom stereocenters. The summed E-state index contributed by atoms with van der Waals surface area (Å²) in [7, 11) is 0. The second kappa shape index (κ2) is 12.5. The molecule has 5 aromatic carbocycles. The summed E-state index contributed by atoms with van der Waals surface area (Å²) in [5.41, 5.74) is 23.2. The van der Waals surface area contributed by atoms with Crippen LogP contribution >= 0.6 is 0 Å². The van der Waals surface area contributed by atoms with Crippen LogP contribution in [0, 0.1) is 41.5 Å². The van der Waals surface area contributed by atoms with E-state index in [1.165, 1.54) is 61.3 Å². The molecule has 0 saturated carbocycles. The van der Waals surface area contributed by atoms with Gasteiger partial charge in [-0.2, -0.15) is 0 Å². The van der Waals surface area contributed by atoms with Gasteiger partial charge in [0.05, 0.1) is 11.8 Å². The number of nitrogens with two attached hydrogens (primary N) is 1. The second-order valence-electron chi connectivity index (χ2n) is 16.4. The molecule has 0 saturated heterocycles. The lowest BCUT2D eigenvalue weighted by Gasteiger charge is -2.28. The molecule has 0 fully saturated rings. The zero-order valence-corrected chi connectivity index (χ0v) is 32.9. The summed E-state index contributed by atoms with van der Waals surface area (Å²) in [5.74, 6) is 4.24. The van der Waals surface area contributed by atoms with E-state index in [1.54, 1.807) is 0 Å². The molecule has 4 aliphatic heterocycles. The van der Waals surface area contributed by atoms with Gasteiger partial charge >= 0.3 is 0 Å². The average molecular weight is 709 g/mol. The average Bonchev–Trinajstić information content (AvgIpc) is 3.90. The van der Waals surface area contributed by atoms with Gasteiger partial charge in [-0.05, 0) is 137 Å². The number of hydrogen-bond donors (Lipinski definition) is 1. The number of rotatable bonds is 3. The van der Waals surface area contributed by atoms with Crippen molar-refractivity contribution in [3.05, 3.63) is 140 Å². The quantitative estimate of drug-likeness (QED) is 0.188. The third-order valence-electron chi connectivity index (χ3n) is 12.3. The molecule has 274 valence electrons. The lowest BCUT2D eigenvalue weighted by Crippen LogP contribution is -2.31. The van der Waals surface area contributed by atoms with E-state index in [4.69, 9.17) is 24.7 Å². The number of ether oxygens (including phenoxy) is 4. The van der Waals surface area contributed by atoms with Crippen LogP contribution in [0.5, 0.6) is 23.0 Å². The van der Waals surface area contributed by atoms with Gasteiger partial charge in [-0.1, -0.05) is 60.7 Å². The minimum atomic E-state index is -0.298. The van der Waals surface area contributed by atoms with E-state index < -0.39 is 0 Å². The number of nitrogens with zero attached hydrogens (tertiary/aromatic N) is 1. The van der Waals surface area contributed by atoms with E-state index >= 15 is 0 Å². The van der Waals surface area contributed by atoms with Gasteiger partial charge in [0, 0.05) is 35.6 Å². The second-order valence-corrected chi connectivity index (χ2v) is 16.4. The molecular weight excluding hydrogens is 657 g/mol. The Morgan fingerprint density at radius 1 is 0.566 bits per heavy atom. The largest absolute Gasteiger partial charge is 0.486 e. The fourth-order valence-electron chi connectivity index (χ4n) is 9.44. The number of anilines is 2. The fraction of sp³-hybridized carbons (Fsp3) is 0.362. The van der Waals surface area contributed by atoms with Crippen molar-refractivity contribution < 1.29 is 18.9 Å². The molecule has 2 N–H and O–H groups in total. The maximum atomic E-state index is 6.64. The van der Waals surface area contributed by atoms with Crippen molar-refractivity contribution in [1.82, 2.24) is 0 Å². The zero-order valence-electron chi connectivity index (χ0n) is 32.9. The van der Waals surface area contributed by atoms with E-state index in [0.717, 1.165) is 52.9 Å². The highest BCUT2D eigenvalue weighted by atomic mass is 16.7. The van der Waals surface area contributed by atoms with Gasteiger partial charge < -0.3 is 29.6 Å². The van der Waals surface area contributed by atoms with Gasteiger partial charge in [-0.25, -0.2) is 0 Å². The first-order valence-electron chi connectivity index (χ1n) is 18.9. The van der Waals surface area contributed by atoms with Crippen LogP contribution in [0.15, 0.2) is 72.8 Å². The molecule has 0 bridgehead atoms. The molecule has 6 nitrogen and oxygen atoms in total. The first-order valence-corrected chi connectivity index (χ1v) is 18.9. The van der Waals surface area contributed by atoms with Crippen LogP contribution in [-0.4, -0.2) is 18.0 Å². The summed E-state index contributed by atoms with van der Waals surface area (Å²) in [6, 6.07) is 25.7. The van der Waals surface area contributed by atoms with Crippen LogP contribution in [0.4, 0.5) is 11.4 Å². The monoisotopic (exact) mass is 708 g/mol. The Hall–Kier alpha value is -5.10. The molecule has 6 heteroatoms. The highest BCUT2D eigenvalue weighted by molar-refractivity contribution is 5.73. The normalized spacial score (nSPS) is 19.5. The van der Waals surface area contributed by atoms with Gasteiger partial charge in [-0.15, -0.1) is 0 Å². The molecular formula is C47H52N2O4. The first-order chi connectivity index (χ1) is 25.2. The maximum absolute atomic E-state index is 6.64. The Morgan fingerprint density at radius 3 is 1.47 bits per heavy atom. The number of fused-ring (bicyclic) bond motifs is 4. The minimum absolute atomic E-state index is 0.201. The van der Waals surface area contributed by atoms with Crippen molar-refractivity contribution in [3.63, 3.8) is 0 Å². The Labute approximate surface area is 314 Å². The Bertz CT molecular complexity index is 2220. The van der Waals surface area contributed by atoms with Gasteiger partial charge in [-0.3, -0.25) is 0 Å². The molecule has 53 heavy (non-hydrogen) atoms. The molecule has 0 radical (unpaired) electrons. The molecule has 5 aromatic rings. The predicted octanol–water partition coefficient (Wildman–Crippen LogP) is 10.7. The molecule has 0 aliphatic carbocycles. The van der Waals surface area contributed by atoms with Crippen LogP contribution in [0.2, 0.25) is 0 Å².